The van der Waals surface area contributed by atoms with Gasteiger partial charge in [-0.1, -0.05) is 23.7 Å². The number of hydrogen-bond donors (Lipinski definition) is 0. The number of piperidine rings is 1. The Labute approximate surface area is 194 Å². The molecule has 1 aliphatic heterocycles. The van der Waals surface area contributed by atoms with Crippen LogP contribution >= 0.6 is 11.6 Å². The number of rotatable bonds is 8. The first-order valence-corrected chi connectivity index (χ1v) is 12.4. The van der Waals surface area contributed by atoms with Crippen LogP contribution in [0.5, 0.6) is 11.5 Å². The number of amides is 1. The van der Waals surface area contributed by atoms with Crippen molar-refractivity contribution in [1.29, 1.82) is 0 Å². The molecule has 1 amide bonds. The van der Waals surface area contributed by atoms with Gasteiger partial charge in [0.05, 0.1) is 19.6 Å². The summed E-state index contributed by atoms with van der Waals surface area (Å²) in [4.78, 5) is 14.8. The summed E-state index contributed by atoms with van der Waals surface area (Å²) in [6, 6.07) is 12.1. The average molecular weight is 481 g/mol. The molecule has 1 unspecified atom stereocenters. The van der Waals surface area contributed by atoms with E-state index in [2.05, 4.69) is 0 Å². The van der Waals surface area contributed by atoms with E-state index < -0.39 is 15.9 Å². The average Bonchev–Trinajstić information content (AvgIpc) is 2.80. The molecule has 3 rings (SSSR count). The monoisotopic (exact) mass is 480 g/mol. The van der Waals surface area contributed by atoms with E-state index in [9.17, 15) is 13.2 Å². The molecule has 0 N–H and O–H groups in total. The topological polar surface area (TPSA) is 76.2 Å². The minimum atomic E-state index is -3.86. The van der Waals surface area contributed by atoms with Gasteiger partial charge >= 0.3 is 0 Å². The van der Waals surface area contributed by atoms with Crippen LogP contribution in [0.1, 0.15) is 25.3 Å². The molecule has 2 aromatic carbocycles. The SMILES string of the molecule is CCOc1ccc(Cl)cc1S(=O)(=O)N1CCCC(C(=O)N(C)Cc2ccc(OC)cc2)C1. The zero-order valence-electron chi connectivity index (χ0n) is 18.6. The summed E-state index contributed by atoms with van der Waals surface area (Å²) >= 11 is 6.07. The first-order valence-electron chi connectivity index (χ1n) is 10.6. The van der Waals surface area contributed by atoms with Crippen LogP contribution in [0.25, 0.3) is 0 Å². The third-order valence-corrected chi connectivity index (χ3v) is 7.63. The molecule has 0 radical (unpaired) electrons. The maximum absolute atomic E-state index is 13.4. The lowest BCUT2D eigenvalue weighted by molar-refractivity contribution is -0.135. The first-order chi connectivity index (χ1) is 15.3. The lowest BCUT2D eigenvalue weighted by Crippen LogP contribution is -2.45. The molecule has 2 aromatic rings. The minimum absolute atomic E-state index is 0.0338. The number of methoxy groups -OCH3 is 1. The number of benzene rings is 2. The molecule has 1 atom stereocenters. The summed E-state index contributed by atoms with van der Waals surface area (Å²) in [6.45, 7) is 3.05. The Bertz CT molecular complexity index is 1040. The van der Waals surface area contributed by atoms with E-state index in [-0.39, 0.29) is 23.1 Å². The zero-order valence-corrected chi connectivity index (χ0v) is 20.2. The van der Waals surface area contributed by atoms with Gasteiger partial charge in [-0.25, -0.2) is 8.42 Å². The number of halogens is 1. The highest BCUT2D eigenvalue weighted by Crippen LogP contribution is 2.32. The van der Waals surface area contributed by atoms with Crippen molar-refractivity contribution in [3.63, 3.8) is 0 Å². The van der Waals surface area contributed by atoms with Crippen LogP contribution in [0.4, 0.5) is 0 Å². The predicted molar refractivity (Wildman–Crippen MR) is 124 cm³/mol. The Kier molecular flexibility index (Phi) is 8.03. The summed E-state index contributed by atoms with van der Waals surface area (Å²) in [5.41, 5.74) is 0.974. The van der Waals surface area contributed by atoms with Crippen molar-refractivity contribution in [3.8, 4) is 11.5 Å². The molecule has 1 heterocycles. The lowest BCUT2D eigenvalue weighted by atomic mass is 9.98. The second-order valence-corrected chi connectivity index (χ2v) is 10.1. The maximum Gasteiger partial charge on any atom is 0.246 e. The van der Waals surface area contributed by atoms with Gasteiger partial charge in [0.2, 0.25) is 15.9 Å². The molecule has 9 heteroatoms. The maximum atomic E-state index is 13.4. The normalized spacial score (nSPS) is 17.1. The van der Waals surface area contributed by atoms with E-state index in [1.54, 1.807) is 38.1 Å². The highest BCUT2D eigenvalue weighted by Gasteiger charge is 2.36. The Morgan fingerprint density at radius 3 is 2.59 bits per heavy atom. The smallest absolute Gasteiger partial charge is 0.246 e. The molecule has 1 saturated heterocycles. The van der Waals surface area contributed by atoms with Crippen LogP contribution in [-0.2, 0) is 21.4 Å². The molecular formula is C23H29ClN2O5S. The minimum Gasteiger partial charge on any atom is -0.497 e. The Balaban J connectivity index is 1.74. The van der Waals surface area contributed by atoms with Crippen LogP contribution < -0.4 is 9.47 Å². The van der Waals surface area contributed by atoms with Gasteiger partial charge in [0, 0.05) is 31.7 Å². The molecule has 32 heavy (non-hydrogen) atoms. The molecular weight excluding hydrogens is 452 g/mol. The molecule has 1 fully saturated rings. The first kappa shape index (κ1) is 24.4. The standard InChI is InChI=1S/C23H29ClN2O5S/c1-4-31-21-12-9-19(24)14-22(21)32(28,29)26-13-5-6-18(16-26)23(27)25(2)15-17-7-10-20(30-3)11-8-17/h7-12,14,18H,4-6,13,15-16H2,1-3H3. The number of sulfonamides is 1. The molecule has 0 spiro atoms. The van der Waals surface area contributed by atoms with Gasteiger partial charge < -0.3 is 14.4 Å². The second-order valence-electron chi connectivity index (χ2n) is 7.77. The van der Waals surface area contributed by atoms with E-state index in [0.717, 1.165) is 11.3 Å². The molecule has 0 aliphatic carbocycles. The van der Waals surface area contributed by atoms with Gasteiger partial charge in [-0.05, 0) is 55.7 Å². The number of hydrogen-bond acceptors (Lipinski definition) is 5. The Morgan fingerprint density at radius 2 is 1.94 bits per heavy atom. The number of carbonyl (C=O) groups is 1. The van der Waals surface area contributed by atoms with E-state index in [1.807, 2.05) is 24.3 Å². The number of ether oxygens (including phenoxy) is 2. The van der Waals surface area contributed by atoms with Crippen molar-refractivity contribution in [3.05, 3.63) is 53.1 Å². The molecule has 7 nitrogen and oxygen atoms in total. The van der Waals surface area contributed by atoms with Crippen LogP contribution in [0.2, 0.25) is 5.02 Å². The van der Waals surface area contributed by atoms with E-state index in [1.165, 1.54) is 10.4 Å². The fourth-order valence-corrected chi connectivity index (χ4v) is 5.77. The second kappa shape index (κ2) is 10.6. The highest BCUT2D eigenvalue weighted by atomic mass is 35.5. The predicted octanol–water partition coefficient (Wildman–Crippen LogP) is 3.81. The molecule has 1 aliphatic rings. The summed E-state index contributed by atoms with van der Waals surface area (Å²) in [5.74, 6) is 0.540. The third-order valence-electron chi connectivity index (χ3n) is 5.51. The zero-order chi connectivity index (χ0) is 23.3. The van der Waals surface area contributed by atoms with Crippen molar-refractivity contribution in [2.45, 2.75) is 31.2 Å². The fraction of sp³-hybridized carbons (Fsp3) is 0.435. The largest absolute Gasteiger partial charge is 0.497 e. The Morgan fingerprint density at radius 1 is 1.22 bits per heavy atom. The lowest BCUT2D eigenvalue weighted by Gasteiger charge is -2.33. The molecule has 0 aromatic heterocycles. The van der Waals surface area contributed by atoms with Crippen LogP contribution in [-0.4, -0.2) is 57.4 Å². The summed E-state index contributed by atoms with van der Waals surface area (Å²) in [5, 5.41) is 0.316. The van der Waals surface area contributed by atoms with Crippen molar-refractivity contribution >= 4 is 27.5 Å². The van der Waals surface area contributed by atoms with Gasteiger partial charge in [-0.2, -0.15) is 4.31 Å². The van der Waals surface area contributed by atoms with Gasteiger partial charge in [0.1, 0.15) is 16.4 Å². The van der Waals surface area contributed by atoms with Crippen molar-refractivity contribution in [2.75, 3.05) is 33.9 Å². The van der Waals surface area contributed by atoms with Crippen molar-refractivity contribution < 1.29 is 22.7 Å². The van der Waals surface area contributed by atoms with Crippen LogP contribution in [0, 0.1) is 5.92 Å². The van der Waals surface area contributed by atoms with Crippen molar-refractivity contribution in [1.82, 2.24) is 9.21 Å². The molecule has 174 valence electrons. The van der Waals surface area contributed by atoms with E-state index in [0.29, 0.717) is 37.6 Å². The number of nitrogens with zero attached hydrogens (tertiary/aromatic N) is 2. The Hall–Kier alpha value is -2.29. The summed E-state index contributed by atoms with van der Waals surface area (Å²) in [7, 11) is -0.511. The van der Waals surface area contributed by atoms with Gasteiger partial charge in [-0.3, -0.25) is 4.79 Å². The quantitative estimate of drug-likeness (QED) is 0.574. The van der Waals surface area contributed by atoms with E-state index >= 15 is 0 Å². The fourth-order valence-electron chi connectivity index (χ4n) is 3.85. The van der Waals surface area contributed by atoms with E-state index in [4.69, 9.17) is 21.1 Å². The van der Waals surface area contributed by atoms with Crippen LogP contribution in [0.3, 0.4) is 0 Å². The van der Waals surface area contributed by atoms with Gasteiger partial charge in [0.25, 0.3) is 0 Å². The molecule has 0 saturated carbocycles. The number of carbonyl (C=O) groups excluding carboxylic acids is 1. The van der Waals surface area contributed by atoms with Crippen LogP contribution in [0.15, 0.2) is 47.4 Å². The molecule has 0 bridgehead atoms. The highest BCUT2D eigenvalue weighted by molar-refractivity contribution is 7.89. The third kappa shape index (κ3) is 5.54. The van der Waals surface area contributed by atoms with Gasteiger partial charge in [0.15, 0.2) is 0 Å². The summed E-state index contributed by atoms with van der Waals surface area (Å²) < 4.78 is 38.8. The summed E-state index contributed by atoms with van der Waals surface area (Å²) in [6.07, 6.45) is 1.25. The van der Waals surface area contributed by atoms with Gasteiger partial charge in [-0.15, -0.1) is 0 Å². The van der Waals surface area contributed by atoms with Crippen molar-refractivity contribution in [2.24, 2.45) is 5.92 Å².